The van der Waals surface area contributed by atoms with Gasteiger partial charge in [0, 0.05) is 17.8 Å². The number of carbonyl (C=O) groups excluding carboxylic acids is 1. The van der Waals surface area contributed by atoms with Gasteiger partial charge in [-0.25, -0.2) is 17.5 Å². The number of sulfonamides is 1. The van der Waals surface area contributed by atoms with Crippen LogP contribution >= 0.6 is 23.2 Å². The Morgan fingerprint density at radius 2 is 2.03 bits per heavy atom. The largest absolute Gasteiger partial charge is 0.490 e. The third-order valence-electron chi connectivity index (χ3n) is 5.14. The van der Waals surface area contributed by atoms with Crippen LogP contribution in [0.2, 0.25) is 10.0 Å². The summed E-state index contributed by atoms with van der Waals surface area (Å²) in [5.41, 5.74) is 1.14. The van der Waals surface area contributed by atoms with Crippen LogP contribution in [0.3, 0.4) is 0 Å². The molecule has 0 spiro atoms. The smallest absolute Gasteiger partial charge is 0.327 e. The molecule has 0 unspecified atom stereocenters. The average molecular weight is 556 g/mol. The molecule has 0 aliphatic carbocycles. The van der Waals surface area contributed by atoms with Crippen molar-refractivity contribution in [3.05, 3.63) is 64.3 Å². The van der Waals surface area contributed by atoms with Crippen LogP contribution < -0.4 is 9.46 Å². The number of hydrogen-bond acceptors (Lipinski definition) is 7. The number of H-pyrrole nitrogens is 1. The number of fused-ring (bicyclic) bond motifs is 1. The first kappa shape index (κ1) is 25.7. The minimum absolute atomic E-state index is 0.0566. The normalized spacial score (nSPS) is 11.6. The minimum Gasteiger partial charge on any atom is -0.490 e. The van der Waals surface area contributed by atoms with E-state index in [9.17, 15) is 13.2 Å². The lowest BCUT2D eigenvalue weighted by Crippen LogP contribution is -2.15. The molecular weight excluding hydrogens is 536 g/mol. The number of benzene rings is 2. The van der Waals surface area contributed by atoms with E-state index in [1.807, 2.05) is 0 Å². The van der Waals surface area contributed by atoms with Gasteiger partial charge in [0.15, 0.2) is 11.6 Å². The third kappa shape index (κ3) is 5.55. The molecule has 14 heteroatoms. The average Bonchev–Trinajstić information content (AvgIpc) is 3.46. The van der Waals surface area contributed by atoms with Crippen molar-refractivity contribution < 1.29 is 27.1 Å². The summed E-state index contributed by atoms with van der Waals surface area (Å²) in [6.45, 7) is 0.0371. The molecule has 4 rings (SSSR count). The van der Waals surface area contributed by atoms with Crippen molar-refractivity contribution in [3.63, 3.8) is 0 Å². The molecule has 2 aromatic carbocycles. The van der Waals surface area contributed by atoms with Gasteiger partial charge in [0.05, 0.1) is 40.7 Å². The summed E-state index contributed by atoms with van der Waals surface area (Å²) < 4.78 is 54.8. The SMILES string of the molecule is COC(=O)Cn1cc(CCCOc2cccc(S(=O)(=O)Nc3ccc(Cl)c4c(Cl)c[nH]c34)c2F)nn1. The maximum absolute atomic E-state index is 15.1. The summed E-state index contributed by atoms with van der Waals surface area (Å²) in [7, 11) is -3.04. The number of ether oxygens (including phenoxy) is 2. The predicted molar refractivity (Wildman–Crippen MR) is 131 cm³/mol. The summed E-state index contributed by atoms with van der Waals surface area (Å²) in [5.74, 6) is -1.69. The Morgan fingerprint density at radius 1 is 1.22 bits per heavy atom. The number of carbonyl (C=O) groups is 1. The summed E-state index contributed by atoms with van der Waals surface area (Å²) in [5, 5.41) is 8.89. The van der Waals surface area contributed by atoms with Crippen molar-refractivity contribution >= 4 is 55.8 Å². The summed E-state index contributed by atoms with van der Waals surface area (Å²) >= 11 is 12.3. The van der Waals surface area contributed by atoms with Gasteiger partial charge in [-0.15, -0.1) is 5.10 Å². The highest BCUT2D eigenvalue weighted by Gasteiger charge is 2.24. The standard InChI is InChI=1S/C22H20Cl2FN5O5S/c1-34-19(31)12-30-11-13(27-29-30)4-3-9-35-17-5-2-6-18(21(17)25)36(32,33)28-16-8-7-14(23)20-15(24)10-26-22(16)20/h2,5-8,10-11,26,28H,3-4,9,12H2,1H3. The number of methoxy groups -OCH3 is 1. The van der Waals surface area contributed by atoms with Crippen LogP contribution in [0.5, 0.6) is 5.75 Å². The van der Waals surface area contributed by atoms with E-state index in [0.717, 1.165) is 6.07 Å². The van der Waals surface area contributed by atoms with Crippen LogP contribution in [0.1, 0.15) is 12.1 Å². The number of aryl methyl sites for hydroxylation is 1. The highest BCUT2D eigenvalue weighted by atomic mass is 35.5. The second-order valence-corrected chi connectivity index (χ2v) is 10.1. The lowest BCUT2D eigenvalue weighted by atomic mass is 10.2. The predicted octanol–water partition coefficient (Wildman–Crippen LogP) is 4.19. The monoisotopic (exact) mass is 555 g/mol. The highest BCUT2D eigenvalue weighted by Crippen LogP contribution is 2.36. The van der Waals surface area contributed by atoms with Crippen molar-refractivity contribution in [2.24, 2.45) is 0 Å². The molecule has 0 radical (unpaired) electrons. The fourth-order valence-corrected chi connectivity index (χ4v) is 5.15. The van der Waals surface area contributed by atoms with Gasteiger partial charge in [-0.05, 0) is 37.1 Å². The van der Waals surface area contributed by atoms with Crippen LogP contribution in [0, 0.1) is 5.82 Å². The number of aromatic nitrogens is 4. The molecule has 0 fully saturated rings. The van der Waals surface area contributed by atoms with Crippen LogP contribution in [0.25, 0.3) is 10.9 Å². The topological polar surface area (TPSA) is 128 Å². The molecule has 0 saturated heterocycles. The lowest BCUT2D eigenvalue weighted by Gasteiger charge is -2.13. The van der Waals surface area contributed by atoms with Gasteiger partial charge >= 0.3 is 5.97 Å². The lowest BCUT2D eigenvalue weighted by molar-refractivity contribution is -0.141. The van der Waals surface area contributed by atoms with Crippen molar-refractivity contribution in [2.45, 2.75) is 24.3 Å². The number of halogens is 3. The quantitative estimate of drug-likeness (QED) is 0.222. The van der Waals surface area contributed by atoms with Crippen molar-refractivity contribution in [1.29, 1.82) is 0 Å². The van der Waals surface area contributed by atoms with Gasteiger partial charge in [0.1, 0.15) is 11.4 Å². The van der Waals surface area contributed by atoms with E-state index in [0.29, 0.717) is 39.5 Å². The van der Waals surface area contributed by atoms with Gasteiger partial charge in [-0.1, -0.05) is 34.5 Å². The first-order chi connectivity index (χ1) is 17.2. The molecule has 0 bridgehead atoms. The number of aromatic amines is 1. The van der Waals surface area contributed by atoms with Crippen LogP contribution in [-0.4, -0.2) is 48.1 Å². The Hall–Kier alpha value is -3.35. The van der Waals surface area contributed by atoms with E-state index in [1.165, 1.54) is 42.3 Å². The van der Waals surface area contributed by atoms with Gasteiger partial charge in [-0.2, -0.15) is 0 Å². The number of nitrogens with zero attached hydrogens (tertiary/aromatic N) is 3. The van der Waals surface area contributed by atoms with E-state index in [4.69, 9.17) is 27.9 Å². The van der Waals surface area contributed by atoms with Crippen molar-refractivity contribution in [3.8, 4) is 5.75 Å². The Kier molecular flexibility index (Phi) is 7.67. The molecule has 10 nitrogen and oxygen atoms in total. The zero-order valence-corrected chi connectivity index (χ0v) is 21.1. The molecule has 190 valence electrons. The van der Waals surface area contributed by atoms with Crippen molar-refractivity contribution in [2.75, 3.05) is 18.4 Å². The van der Waals surface area contributed by atoms with Crippen molar-refractivity contribution in [1.82, 2.24) is 20.0 Å². The fraction of sp³-hybridized carbons (Fsp3) is 0.227. The van der Waals surface area contributed by atoms with E-state index in [2.05, 4.69) is 24.8 Å². The number of esters is 1. The highest BCUT2D eigenvalue weighted by molar-refractivity contribution is 7.92. The van der Waals surface area contributed by atoms with Gasteiger partial charge in [0.25, 0.3) is 10.0 Å². The van der Waals surface area contributed by atoms with Crippen LogP contribution in [0.4, 0.5) is 10.1 Å². The second-order valence-electron chi connectivity index (χ2n) is 7.59. The Labute approximate surface area is 215 Å². The molecule has 2 heterocycles. The zero-order chi connectivity index (χ0) is 25.9. The number of nitrogens with one attached hydrogen (secondary N) is 2. The number of rotatable bonds is 10. The maximum Gasteiger partial charge on any atom is 0.327 e. The molecule has 0 amide bonds. The van der Waals surface area contributed by atoms with Crippen LogP contribution in [-0.2, 0) is 32.5 Å². The molecule has 0 aliphatic heterocycles. The first-order valence-electron chi connectivity index (χ1n) is 10.5. The van der Waals surface area contributed by atoms with Gasteiger partial charge in [-0.3, -0.25) is 9.52 Å². The van der Waals surface area contributed by atoms with Crippen LogP contribution in [0.15, 0.2) is 47.6 Å². The Morgan fingerprint density at radius 3 is 2.81 bits per heavy atom. The molecule has 2 N–H and O–H groups in total. The molecular formula is C22H20Cl2FN5O5S. The van der Waals surface area contributed by atoms with Gasteiger partial charge in [0.2, 0.25) is 0 Å². The Balaban J connectivity index is 1.42. The second kappa shape index (κ2) is 10.7. The van der Waals surface area contributed by atoms with E-state index < -0.39 is 26.7 Å². The Bertz CT molecular complexity index is 1520. The molecule has 36 heavy (non-hydrogen) atoms. The molecule has 0 atom stereocenters. The maximum atomic E-state index is 15.1. The minimum atomic E-state index is -4.31. The van der Waals surface area contributed by atoms with E-state index >= 15 is 4.39 Å². The summed E-state index contributed by atoms with van der Waals surface area (Å²) in [6.07, 6.45) is 3.97. The fourth-order valence-electron chi connectivity index (χ4n) is 3.43. The summed E-state index contributed by atoms with van der Waals surface area (Å²) in [4.78, 5) is 13.6. The molecule has 2 aromatic heterocycles. The first-order valence-corrected chi connectivity index (χ1v) is 12.8. The van der Waals surface area contributed by atoms with E-state index in [-0.39, 0.29) is 24.6 Å². The third-order valence-corrected chi connectivity index (χ3v) is 7.13. The molecule has 0 aliphatic rings. The molecule has 0 saturated carbocycles. The van der Waals surface area contributed by atoms with Gasteiger partial charge < -0.3 is 14.5 Å². The zero-order valence-electron chi connectivity index (χ0n) is 18.8. The van der Waals surface area contributed by atoms with E-state index in [1.54, 1.807) is 6.20 Å². The number of hydrogen-bond donors (Lipinski definition) is 2. The number of anilines is 1. The summed E-state index contributed by atoms with van der Waals surface area (Å²) in [6, 6.07) is 6.81. The molecule has 4 aromatic rings.